The number of ether oxygens (including phenoxy) is 1. The molecule has 1 aliphatic heterocycles. The molecule has 124 valence electrons. The molecule has 0 amide bonds. The molecule has 1 atom stereocenters. The van der Waals surface area contributed by atoms with Gasteiger partial charge in [-0.15, -0.1) is 10.2 Å². The molecule has 4 rings (SSSR count). The lowest BCUT2D eigenvalue weighted by Crippen LogP contribution is -2.24. The minimum absolute atomic E-state index is 0.135. The molecule has 2 aromatic heterocycles. The van der Waals surface area contributed by atoms with Gasteiger partial charge in [-0.3, -0.25) is 4.90 Å². The molecule has 0 aliphatic carbocycles. The molecular weight excluding hydrogens is 330 g/mol. The quantitative estimate of drug-likeness (QED) is 0.703. The molecule has 0 spiro atoms. The molecule has 1 aromatic carbocycles. The average molecular weight is 346 g/mol. The molecule has 1 fully saturated rings. The van der Waals surface area contributed by atoms with Gasteiger partial charge in [0.25, 0.3) is 5.89 Å². The van der Waals surface area contributed by atoms with Crippen molar-refractivity contribution in [3.8, 4) is 17.4 Å². The Bertz CT molecular complexity index is 803. The number of likely N-dealkylation sites (tertiary alicyclic amines) is 1. The second-order valence-corrected chi connectivity index (χ2v) is 6.14. The highest BCUT2D eigenvalue weighted by molar-refractivity contribution is 6.30. The van der Waals surface area contributed by atoms with Crippen molar-refractivity contribution >= 4 is 11.6 Å². The topological polar surface area (TPSA) is 64.5 Å². The zero-order valence-electron chi connectivity index (χ0n) is 12.9. The highest BCUT2D eigenvalue weighted by Crippen LogP contribution is 2.23. The van der Waals surface area contributed by atoms with Gasteiger partial charge in [0.2, 0.25) is 5.89 Å². The third-order valence-electron chi connectivity index (χ3n) is 3.89. The molecule has 24 heavy (non-hydrogen) atoms. The van der Waals surface area contributed by atoms with Crippen molar-refractivity contribution in [1.82, 2.24) is 15.1 Å². The Morgan fingerprint density at radius 3 is 3.04 bits per heavy atom. The zero-order valence-corrected chi connectivity index (χ0v) is 13.6. The highest BCUT2D eigenvalue weighted by atomic mass is 35.5. The van der Waals surface area contributed by atoms with Crippen LogP contribution in [0.2, 0.25) is 5.02 Å². The van der Waals surface area contributed by atoms with Gasteiger partial charge in [-0.1, -0.05) is 17.7 Å². The van der Waals surface area contributed by atoms with E-state index in [-0.39, 0.29) is 6.10 Å². The summed E-state index contributed by atoms with van der Waals surface area (Å²) in [6, 6.07) is 11.1. The summed E-state index contributed by atoms with van der Waals surface area (Å²) in [5, 5.41) is 8.77. The van der Waals surface area contributed by atoms with Gasteiger partial charge in [0.1, 0.15) is 11.9 Å². The molecule has 1 saturated heterocycles. The second kappa shape index (κ2) is 6.67. The maximum atomic E-state index is 5.99. The second-order valence-electron chi connectivity index (χ2n) is 5.70. The van der Waals surface area contributed by atoms with Crippen LogP contribution in [0.25, 0.3) is 11.7 Å². The molecule has 3 aromatic rings. The fraction of sp³-hybridized carbons (Fsp3) is 0.294. The molecule has 3 heterocycles. The molecule has 6 nitrogen and oxygen atoms in total. The van der Waals surface area contributed by atoms with Gasteiger partial charge in [-0.05, 0) is 36.8 Å². The van der Waals surface area contributed by atoms with Crippen LogP contribution in [-0.4, -0.2) is 34.3 Å². The predicted molar refractivity (Wildman–Crippen MR) is 87.8 cm³/mol. The van der Waals surface area contributed by atoms with E-state index in [4.69, 9.17) is 25.2 Å². The average Bonchev–Trinajstić information content (AvgIpc) is 3.29. The summed E-state index contributed by atoms with van der Waals surface area (Å²) >= 11 is 5.99. The van der Waals surface area contributed by atoms with Gasteiger partial charge in [-0.25, -0.2) is 0 Å². The van der Waals surface area contributed by atoms with Crippen LogP contribution < -0.4 is 4.74 Å². The SMILES string of the molecule is Clc1cccc(O[C@@H]2CCN(Cc3nnc(-c4ccco4)o3)C2)c1. The van der Waals surface area contributed by atoms with Crippen molar-refractivity contribution in [3.63, 3.8) is 0 Å². The van der Waals surface area contributed by atoms with Gasteiger partial charge in [0.15, 0.2) is 5.76 Å². The molecule has 7 heteroatoms. The normalized spacial score (nSPS) is 18.1. The largest absolute Gasteiger partial charge is 0.489 e. The number of nitrogens with zero attached hydrogens (tertiary/aromatic N) is 3. The van der Waals surface area contributed by atoms with E-state index >= 15 is 0 Å². The highest BCUT2D eigenvalue weighted by Gasteiger charge is 2.25. The van der Waals surface area contributed by atoms with Crippen LogP contribution in [0, 0.1) is 0 Å². The van der Waals surface area contributed by atoms with Crippen LogP contribution in [0.4, 0.5) is 0 Å². The van der Waals surface area contributed by atoms with E-state index in [1.54, 1.807) is 18.4 Å². The summed E-state index contributed by atoms with van der Waals surface area (Å²) in [5.41, 5.74) is 0. The van der Waals surface area contributed by atoms with Crippen molar-refractivity contribution < 1.29 is 13.6 Å². The molecule has 0 radical (unpaired) electrons. The summed E-state index contributed by atoms with van der Waals surface area (Å²) in [6.45, 7) is 2.33. The molecular formula is C17H16ClN3O3. The first-order valence-electron chi connectivity index (χ1n) is 7.77. The Morgan fingerprint density at radius 1 is 1.25 bits per heavy atom. The van der Waals surface area contributed by atoms with Crippen molar-refractivity contribution in [2.75, 3.05) is 13.1 Å². The van der Waals surface area contributed by atoms with E-state index < -0.39 is 0 Å². The van der Waals surface area contributed by atoms with E-state index in [1.807, 2.05) is 24.3 Å². The smallest absolute Gasteiger partial charge is 0.283 e. The Morgan fingerprint density at radius 2 is 2.21 bits per heavy atom. The van der Waals surface area contributed by atoms with E-state index in [1.165, 1.54) is 0 Å². The maximum absolute atomic E-state index is 5.99. The lowest BCUT2D eigenvalue weighted by atomic mass is 10.3. The molecule has 0 N–H and O–H groups in total. The number of halogens is 1. The summed E-state index contributed by atoms with van der Waals surface area (Å²) < 4.78 is 16.9. The maximum Gasteiger partial charge on any atom is 0.283 e. The first-order valence-corrected chi connectivity index (χ1v) is 8.15. The van der Waals surface area contributed by atoms with Crippen LogP contribution >= 0.6 is 11.6 Å². The Labute approximate surface area is 144 Å². The zero-order chi connectivity index (χ0) is 16.4. The number of benzene rings is 1. The van der Waals surface area contributed by atoms with Gasteiger partial charge >= 0.3 is 0 Å². The number of rotatable bonds is 5. The Hall–Kier alpha value is -2.31. The van der Waals surface area contributed by atoms with Crippen LogP contribution in [0.1, 0.15) is 12.3 Å². The van der Waals surface area contributed by atoms with Crippen molar-refractivity contribution in [1.29, 1.82) is 0 Å². The van der Waals surface area contributed by atoms with E-state index in [0.717, 1.165) is 25.3 Å². The predicted octanol–water partition coefficient (Wildman–Crippen LogP) is 3.64. The van der Waals surface area contributed by atoms with E-state index in [9.17, 15) is 0 Å². The fourth-order valence-electron chi connectivity index (χ4n) is 2.78. The first-order chi connectivity index (χ1) is 11.8. The van der Waals surface area contributed by atoms with Gasteiger partial charge < -0.3 is 13.6 Å². The minimum Gasteiger partial charge on any atom is -0.489 e. The Kier molecular flexibility index (Phi) is 4.23. The third-order valence-corrected chi connectivity index (χ3v) is 4.12. The van der Waals surface area contributed by atoms with Gasteiger partial charge in [-0.2, -0.15) is 0 Å². The first kappa shape index (κ1) is 15.2. The number of hydrogen-bond acceptors (Lipinski definition) is 6. The van der Waals surface area contributed by atoms with E-state index in [0.29, 0.717) is 29.1 Å². The molecule has 0 bridgehead atoms. The van der Waals surface area contributed by atoms with Crippen LogP contribution in [0.3, 0.4) is 0 Å². The van der Waals surface area contributed by atoms with E-state index in [2.05, 4.69) is 15.1 Å². The van der Waals surface area contributed by atoms with Gasteiger partial charge in [0, 0.05) is 18.1 Å². The van der Waals surface area contributed by atoms with Crippen LogP contribution in [0.5, 0.6) is 5.75 Å². The monoisotopic (exact) mass is 345 g/mol. The summed E-state index contributed by atoms with van der Waals surface area (Å²) in [4.78, 5) is 2.23. The van der Waals surface area contributed by atoms with Crippen LogP contribution in [0.15, 0.2) is 51.5 Å². The van der Waals surface area contributed by atoms with Crippen molar-refractivity contribution in [3.05, 3.63) is 53.6 Å². The molecule has 0 saturated carbocycles. The molecule has 0 unspecified atom stereocenters. The summed E-state index contributed by atoms with van der Waals surface area (Å²) in [6.07, 6.45) is 2.67. The lowest BCUT2D eigenvalue weighted by molar-refractivity contribution is 0.193. The van der Waals surface area contributed by atoms with Crippen molar-refractivity contribution in [2.45, 2.75) is 19.1 Å². The van der Waals surface area contributed by atoms with Crippen molar-refractivity contribution in [2.24, 2.45) is 0 Å². The lowest BCUT2D eigenvalue weighted by Gasteiger charge is -2.15. The number of aromatic nitrogens is 2. The minimum atomic E-state index is 0.135. The standard InChI is InChI=1S/C17H16ClN3O3/c18-12-3-1-4-13(9-12)23-14-6-7-21(10-14)11-16-19-20-17(24-16)15-5-2-8-22-15/h1-5,8-9,14H,6-7,10-11H2/t14-/m1/s1. The Balaban J connectivity index is 1.34. The third kappa shape index (κ3) is 3.44. The summed E-state index contributed by atoms with van der Waals surface area (Å²) in [7, 11) is 0. The number of furan rings is 1. The number of hydrogen-bond donors (Lipinski definition) is 0. The molecule has 1 aliphatic rings. The summed E-state index contributed by atoms with van der Waals surface area (Å²) in [5.74, 6) is 2.36. The fourth-order valence-corrected chi connectivity index (χ4v) is 2.96. The van der Waals surface area contributed by atoms with Gasteiger partial charge in [0.05, 0.1) is 12.8 Å². The van der Waals surface area contributed by atoms with Crippen LogP contribution in [-0.2, 0) is 6.54 Å².